The van der Waals surface area contributed by atoms with Gasteiger partial charge in [-0.15, -0.1) is 0 Å². The van der Waals surface area contributed by atoms with Crippen LogP contribution < -0.4 is 10.6 Å². The van der Waals surface area contributed by atoms with Gasteiger partial charge in [0, 0.05) is 37.1 Å². The number of carbonyl (C=O) groups is 4. The van der Waals surface area contributed by atoms with E-state index in [0.717, 1.165) is 0 Å². The minimum absolute atomic E-state index is 0.0881. The third-order valence-corrected chi connectivity index (χ3v) is 4.37. The second-order valence-electron chi connectivity index (χ2n) is 5.99. The standard InChI is InChI=1S/C15H24N2O6S/c1-4-11(19)24-8-7-16-10(18)5-6-17-13(20)12-15(2,3)9-22-14(21)23-12/h12H,4-9H2,1-3H3,(H,16,18)(H,17,20)/t12-/m0/s1. The summed E-state index contributed by atoms with van der Waals surface area (Å²) in [6, 6.07) is 0. The van der Waals surface area contributed by atoms with Crippen LogP contribution in [0.5, 0.6) is 0 Å². The van der Waals surface area contributed by atoms with Gasteiger partial charge >= 0.3 is 6.16 Å². The van der Waals surface area contributed by atoms with Crippen LogP contribution in [0.25, 0.3) is 0 Å². The topological polar surface area (TPSA) is 111 Å². The summed E-state index contributed by atoms with van der Waals surface area (Å²) in [6.07, 6.45) is -1.24. The zero-order chi connectivity index (χ0) is 18.2. The summed E-state index contributed by atoms with van der Waals surface area (Å²) in [5.41, 5.74) is -0.636. The highest BCUT2D eigenvalue weighted by atomic mass is 32.2. The van der Waals surface area contributed by atoms with Crippen molar-refractivity contribution in [1.82, 2.24) is 10.6 Å². The fraction of sp³-hybridized carbons (Fsp3) is 0.733. The molecule has 8 nitrogen and oxygen atoms in total. The Morgan fingerprint density at radius 2 is 1.96 bits per heavy atom. The molecule has 0 spiro atoms. The fourth-order valence-electron chi connectivity index (χ4n) is 1.96. The van der Waals surface area contributed by atoms with E-state index in [2.05, 4.69) is 10.6 Å². The number of hydrogen-bond acceptors (Lipinski definition) is 7. The highest BCUT2D eigenvalue weighted by Crippen LogP contribution is 2.28. The normalized spacial score (nSPS) is 19.0. The Balaban J connectivity index is 2.23. The second-order valence-corrected chi connectivity index (χ2v) is 7.14. The molecule has 1 fully saturated rings. The van der Waals surface area contributed by atoms with Gasteiger partial charge in [-0.05, 0) is 0 Å². The van der Waals surface area contributed by atoms with Crippen LogP contribution in [0.1, 0.15) is 33.6 Å². The first-order chi connectivity index (χ1) is 11.3. The monoisotopic (exact) mass is 360 g/mol. The summed E-state index contributed by atoms with van der Waals surface area (Å²) in [6.45, 7) is 5.92. The molecule has 0 bridgehead atoms. The number of amides is 2. The van der Waals surface area contributed by atoms with Gasteiger partial charge in [0.05, 0.1) is 0 Å². The van der Waals surface area contributed by atoms with Crippen LogP contribution in [0.2, 0.25) is 0 Å². The van der Waals surface area contributed by atoms with Crippen LogP contribution in [0.4, 0.5) is 4.79 Å². The van der Waals surface area contributed by atoms with Crippen molar-refractivity contribution in [2.24, 2.45) is 5.41 Å². The van der Waals surface area contributed by atoms with Crippen molar-refractivity contribution in [3.8, 4) is 0 Å². The maximum Gasteiger partial charge on any atom is 0.509 e. The molecule has 1 aliphatic heterocycles. The van der Waals surface area contributed by atoms with Crippen molar-refractivity contribution >= 4 is 34.8 Å². The first-order valence-corrected chi connectivity index (χ1v) is 8.78. The highest BCUT2D eigenvalue weighted by molar-refractivity contribution is 8.13. The number of nitrogens with one attached hydrogen (secondary N) is 2. The van der Waals surface area contributed by atoms with Gasteiger partial charge in [-0.2, -0.15) is 0 Å². The molecule has 0 aromatic heterocycles. The Labute approximate surface area is 145 Å². The predicted molar refractivity (Wildman–Crippen MR) is 88.4 cm³/mol. The minimum Gasteiger partial charge on any atom is -0.434 e. The molecule has 0 saturated carbocycles. The molecule has 0 aromatic carbocycles. The van der Waals surface area contributed by atoms with Crippen LogP contribution in [0.3, 0.4) is 0 Å². The Kier molecular flexibility index (Phi) is 8.03. The van der Waals surface area contributed by atoms with E-state index >= 15 is 0 Å². The van der Waals surface area contributed by atoms with Crippen molar-refractivity contribution in [2.45, 2.75) is 39.7 Å². The molecule has 0 radical (unpaired) electrons. The van der Waals surface area contributed by atoms with Gasteiger partial charge in [0.1, 0.15) is 6.61 Å². The number of thioether (sulfide) groups is 1. The molecule has 0 unspecified atom stereocenters. The maximum atomic E-state index is 12.1. The molecule has 0 aliphatic carbocycles. The summed E-state index contributed by atoms with van der Waals surface area (Å²) >= 11 is 1.18. The van der Waals surface area contributed by atoms with Gasteiger partial charge in [-0.3, -0.25) is 14.4 Å². The number of rotatable bonds is 8. The predicted octanol–water partition coefficient (Wildman–Crippen LogP) is 0.840. The molecule has 2 N–H and O–H groups in total. The summed E-state index contributed by atoms with van der Waals surface area (Å²) in [5, 5.41) is 5.34. The number of hydrogen-bond donors (Lipinski definition) is 2. The van der Waals surface area contributed by atoms with E-state index < -0.39 is 23.6 Å². The van der Waals surface area contributed by atoms with Gasteiger partial charge in [0.25, 0.3) is 5.91 Å². The van der Waals surface area contributed by atoms with Crippen LogP contribution in [-0.4, -0.2) is 54.6 Å². The summed E-state index contributed by atoms with van der Waals surface area (Å²) < 4.78 is 9.69. The first kappa shape index (κ1) is 20.3. The Hall–Kier alpha value is -1.77. The molecule has 136 valence electrons. The van der Waals surface area contributed by atoms with Crippen LogP contribution >= 0.6 is 11.8 Å². The van der Waals surface area contributed by atoms with Crippen LogP contribution in [0.15, 0.2) is 0 Å². The minimum atomic E-state index is -0.946. The van der Waals surface area contributed by atoms with E-state index in [1.807, 2.05) is 0 Å². The van der Waals surface area contributed by atoms with Gasteiger partial charge < -0.3 is 20.1 Å². The molecule has 1 aliphatic rings. The second kappa shape index (κ2) is 9.51. The van der Waals surface area contributed by atoms with Crippen molar-refractivity contribution in [3.05, 3.63) is 0 Å². The van der Waals surface area contributed by atoms with E-state index in [9.17, 15) is 19.2 Å². The third kappa shape index (κ3) is 6.77. The molecule has 2 amide bonds. The molecular formula is C15H24N2O6S. The molecule has 1 heterocycles. The summed E-state index contributed by atoms with van der Waals surface area (Å²) in [4.78, 5) is 46.0. The molecule has 24 heavy (non-hydrogen) atoms. The van der Waals surface area contributed by atoms with Gasteiger partial charge in [0.2, 0.25) is 5.91 Å². The van der Waals surface area contributed by atoms with E-state index in [-0.39, 0.29) is 30.6 Å². The molecule has 1 saturated heterocycles. The average Bonchev–Trinajstić information content (AvgIpc) is 2.53. The van der Waals surface area contributed by atoms with Crippen LogP contribution in [0, 0.1) is 5.41 Å². The zero-order valence-corrected chi connectivity index (χ0v) is 15.0. The lowest BCUT2D eigenvalue weighted by Gasteiger charge is -2.35. The van der Waals surface area contributed by atoms with Gasteiger partial charge in [0.15, 0.2) is 11.2 Å². The van der Waals surface area contributed by atoms with E-state index in [4.69, 9.17) is 9.47 Å². The molecule has 9 heteroatoms. The van der Waals surface area contributed by atoms with E-state index in [1.165, 1.54) is 11.8 Å². The summed E-state index contributed by atoms with van der Waals surface area (Å²) in [5.74, 6) is -0.145. The Morgan fingerprint density at radius 3 is 2.62 bits per heavy atom. The van der Waals surface area contributed by atoms with Crippen molar-refractivity contribution < 1.29 is 28.7 Å². The lowest BCUT2D eigenvalue weighted by molar-refractivity contribution is -0.149. The molecule has 1 rings (SSSR count). The number of ether oxygens (including phenoxy) is 2. The highest BCUT2D eigenvalue weighted by Gasteiger charge is 2.43. The Morgan fingerprint density at radius 1 is 1.25 bits per heavy atom. The maximum absolute atomic E-state index is 12.1. The van der Waals surface area contributed by atoms with Crippen LogP contribution in [-0.2, 0) is 23.9 Å². The van der Waals surface area contributed by atoms with Crippen molar-refractivity contribution in [3.63, 3.8) is 0 Å². The average molecular weight is 360 g/mol. The van der Waals surface area contributed by atoms with Gasteiger partial charge in [-0.1, -0.05) is 32.5 Å². The number of cyclic esters (lactones) is 2. The number of carbonyl (C=O) groups excluding carboxylic acids is 4. The van der Waals surface area contributed by atoms with Crippen molar-refractivity contribution in [1.29, 1.82) is 0 Å². The SMILES string of the molecule is CCC(=O)SCCNC(=O)CCNC(=O)[C@@H]1OC(=O)OCC1(C)C. The smallest absolute Gasteiger partial charge is 0.434 e. The zero-order valence-electron chi connectivity index (χ0n) is 14.2. The lowest BCUT2D eigenvalue weighted by atomic mass is 9.86. The lowest BCUT2D eigenvalue weighted by Crippen LogP contribution is -2.52. The van der Waals surface area contributed by atoms with E-state index in [0.29, 0.717) is 18.7 Å². The molecule has 1 atom stereocenters. The van der Waals surface area contributed by atoms with E-state index in [1.54, 1.807) is 20.8 Å². The Bertz CT molecular complexity index is 494. The molecular weight excluding hydrogens is 336 g/mol. The fourth-order valence-corrected chi connectivity index (χ4v) is 2.59. The van der Waals surface area contributed by atoms with Gasteiger partial charge in [-0.25, -0.2) is 4.79 Å². The first-order valence-electron chi connectivity index (χ1n) is 7.79. The third-order valence-electron chi connectivity index (χ3n) is 3.35. The molecule has 0 aromatic rings. The van der Waals surface area contributed by atoms with Crippen molar-refractivity contribution in [2.75, 3.05) is 25.4 Å². The summed E-state index contributed by atoms with van der Waals surface area (Å²) in [7, 11) is 0. The quantitative estimate of drug-likeness (QED) is 0.487. The largest absolute Gasteiger partial charge is 0.509 e.